The van der Waals surface area contributed by atoms with Gasteiger partial charge in [-0.2, -0.15) is 0 Å². The highest BCUT2D eigenvalue weighted by atomic mass is 79.9. The second-order valence-corrected chi connectivity index (χ2v) is 7.78. The molecule has 1 aliphatic rings. The first-order chi connectivity index (χ1) is 8.66. The molecule has 0 aliphatic heterocycles. The summed E-state index contributed by atoms with van der Waals surface area (Å²) in [5, 5.41) is 3.47. The summed E-state index contributed by atoms with van der Waals surface area (Å²) in [7, 11) is 0. The normalized spacial score (nSPS) is 20.6. The molecular formula is C15H24BrN3. The number of halogens is 1. The summed E-state index contributed by atoms with van der Waals surface area (Å²) < 4.78 is 0.850. The maximum atomic E-state index is 4.58. The van der Waals surface area contributed by atoms with E-state index in [2.05, 4.69) is 72.8 Å². The van der Waals surface area contributed by atoms with Crippen molar-refractivity contribution in [2.24, 2.45) is 16.7 Å². The van der Waals surface area contributed by atoms with Crippen LogP contribution < -0.4 is 5.32 Å². The largest absolute Gasteiger partial charge is 0.370 e. The lowest BCUT2D eigenvalue weighted by Crippen LogP contribution is -2.11. The number of aromatic nitrogens is 2. The molecule has 0 amide bonds. The average molecular weight is 326 g/mol. The van der Waals surface area contributed by atoms with E-state index in [-0.39, 0.29) is 0 Å². The van der Waals surface area contributed by atoms with Gasteiger partial charge in [0, 0.05) is 18.5 Å². The van der Waals surface area contributed by atoms with Gasteiger partial charge in [-0.1, -0.05) is 41.5 Å². The number of anilines is 1. The Morgan fingerprint density at radius 1 is 1.21 bits per heavy atom. The maximum absolute atomic E-state index is 4.58. The van der Waals surface area contributed by atoms with Crippen LogP contribution in [0.2, 0.25) is 0 Å². The summed E-state index contributed by atoms with van der Waals surface area (Å²) >= 11 is 3.46. The quantitative estimate of drug-likeness (QED) is 0.830. The first kappa shape index (κ1) is 14.8. The fourth-order valence-electron chi connectivity index (χ4n) is 2.83. The Morgan fingerprint density at radius 2 is 1.79 bits per heavy atom. The molecule has 19 heavy (non-hydrogen) atoms. The van der Waals surface area contributed by atoms with Gasteiger partial charge in [0.25, 0.3) is 0 Å². The Bertz CT molecular complexity index is 466. The highest BCUT2D eigenvalue weighted by molar-refractivity contribution is 9.10. The summed E-state index contributed by atoms with van der Waals surface area (Å²) in [5.41, 5.74) is 0.816. The molecule has 1 saturated carbocycles. The molecule has 1 heterocycles. The molecule has 1 aromatic rings. The van der Waals surface area contributed by atoms with Crippen molar-refractivity contribution in [3.05, 3.63) is 16.5 Å². The molecule has 0 bridgehead atoms. The van der Waals surface area contributed by atoms with Crippen molar-refractivity contribution < 1.29 is 0 Å². The van der Waals surface area contributed by atoms with Crippen LogP contribution in [0.25, 0.3) is 0 Å². The van der Waals surface area contributed by atoms with Gasteiger partial charge in [0.1, 0.15) is 16.2 Å². The molecule has 0 atom stereocenters. The molecule has 1 aliphatic carbocycles. The van der Waals surface area contributed by atoms with Crippen LogP contribution in [0.4, 0.5) is 5.82 Å². The van der Waals surface area contributed by atoms with Crippen molar-refractivity contribution in [1.82, 2.24) is 9.97 Å². The van der Waals surface area contributed by atoms with Crippen LogP contribution in [0.3, 0.4) is 0 Å². The van der Waals surface area contributed by atoms with Crippen molar-refractivity contribution in [2.75, 3.05) is 11.9 Å². The molecule has 0 unspecified atom stereocenters. The van der Waals surface area contributed by atoms with Gasteiger partial charge >= 0.3 is 0 Å². The van der Waals surface area contributed by atoms with E-state index >= 15 is 0 Å². The molecule has 0 radical (unpaired) electrons. The lowest BCUT2D eigenvalue weighted by atomic mass is 10.0. The zero-order valence-corrected chi connectivity index (χ0v) is 14.3. The van der Waals surface area contributed by atoms with E-state index in [1.807, 2.05) is 6.07 Å². The third-order valence-corrected chi connectivity index (χ3v) is 5.44. The van der Waals surface area contributed by atoms with Gasteiger partial charge in [-0.3, -0.25) is 0 Å². The molecule has 0 aromatic carbocycles. The van der Waals surface area contributed by atoms with Crippen LogP contribution in [0.1, 0.15) is 53.3 Å². The van der Waals surface area contributed by atoms with Gasteiger partial charge in [0.15, 0.2) is 0 Å². The highest BCUT2D eigenvalue weighted by Crippen LogP contribution is 2.68. The predicted molar refractivity (Wildman–Crippen MR) is 83.4 cm³/mol. The average Bonchev–Trinajstić information content (AvgIpc) is 2.66. The maximum Gasteiger partial charge on any atom is 0.134 e. The first-order valence-corrected chi connectivity index (χ1v) is 7.74. The molecule has 0 spiro atoms. The fraction of sp³-hybridized carbons (Fsp3) is 0.733. The molecule has 3 nitrogen and oxygen atoms in total. The van der Waals surface area contributed by atoms with E-state index in [0.717, 1.165) is 22.8 Å². The summed E-state index contributed by atoms with van der Waals surface area (Å²) in [6.45, 7) is 14.6. The van der Waals surface area contributed by atoms with Crippen LogP contribution in [-0.4, -0.2) is 16.5 Å². The van der Waals surface area contributed by atoms with E-state index in [1.54, 1.807) is 0 Å². The summed E-state index contributed by atoms with van der Waals surface area (Å²) in [5.74, 6) is 2.83. The minimum atomic E-state index is 0.340. The van der Waals surface area contributed by atoms with Gasteiger partial charge in [-0.15, -0.1) is 0 Å². The van der Waals surface area contributed by atoms with Crippen LogP contribution in [0.5, 0.6) is 0 Å². The Balaban J connectivity index is 2.05. The fourth-order valence-corrected chi connectivity index (χ4v) is 3.23. The Kier molecular flexibility index (Phi) is 3.67. The van der Waals surface area contributed by atoms with Crippen molar-refractivity contribution in [3.8, 4) is 0 Å². The Labute approximate surface area is 124 Å². The Morgan fingerprint density at radius 3 is 2.26 bits per heavy atom. The van der Waals surface area contributed by atoms with Crippen molar-refractivity contribution in [2.45, 2.75) is 47.5 Å². The smallest absolute Gasteiger partial charge is 0.134 e. The summed E-state index contributed by atoms with van der Waals surface area (Å²) in [6.07, 6.45) is 0. The zero-order chi connectivity index (χ0) is 14.4. The van der Waals surface area contributed by atoms with Gasteiger partial charge in [0.05, 0.1) is 0 Å². The number of rotatable bonds is 4. The lowest BCUT2D eigenvalue weighted by Gasteiger charge is -2.10. The van der Waals surface area contributed by atoms with Crippen molar-refractivity contribution in [3.63, 3.8) is 0 Å². The van der Waals surface area contributed by atoms with E-state index in [1.165, 1.54) is 0 Å². The van der Waals surface area contributed by atoms with Crippen LogP contribution in [0, 0.1) is 16.7 Å². The molecule has 0 saturated heterocycles. The second kappa shape index (κ2) is 4.72. The van der Waals surface area contributed by atoms with Crippen LogP contribution in [-0.2, 0) is 0 Å². The van der Waals surface area contributed by atoms with E-state index in [4.69, 9.17) is 0 Å². The van der Waals surface area contributed by atoms with Gasteiger partial charge < -0.3 is 5.32 Å². The predicted octanol–water partition coefficient (Wildman–Crippen LogP) is 4.46. The van der Waals surface area contributed by atoms with Crippen molar-refractivity contribution >= 4 is 21.7 Å². The third kappa shape index (κ3) is 2.64. The SMILES string of the molecule is CC(C)c1nc(Br)cc(NCC2C(C)(C)C2(C)C)n1. The van der Waals surface area contributed by atoms with Gasteiger partial charge in [0.2, 0.25) is 0 Å². The minimum Gasteiger partial charge on any atom is -0.370 e. The lowest BCUT2D eigenvalue weighted by molar-refractivity contribution is 0.457. The summed E-state index contributed by atoms with van der Waals surface area (Å²) in [6, 6.07) is 1.95. The van der Waals surface area contributed by atoms with E-state index in [9.17, 15) is 0 Å². The van der Waals surface area contributed by atoms with Crippen LogP contribution in [0.15, 0.2) is 10.7 Å². The zero-order valence-electron chi connectivity index (χ0n) is 12.7. The third-order valence-electron chi connectivity index (χ3n) is 5.04. The minimum absolute atomic E-state index is 0.340. The van der Waals surface area contributed by atoms with Gasteiger partial charge in [-0.25, -0.2) is 9.97 Å². The number of hydrogen-bond donors (Lipinski definition) is 1. The van der Waals surface area contributed by atoms with E-state index < -0.39 is 0 Å². The number of hydrogen-bond acceptors (Lipinski definition) is 3. The van der Waals surface area contributed by atoms with Crippen molar-refractivity contribution in [1.29, 1.82) is 0 Å². The van der Waals surface area contributed by atoms with Gasteiger partial charge in [-0.05, 0) is 32.7 Å². The highest BCUT2D eigenvalue weighted by Gasteiger charge is 2.64. The standard InChI is InChI=1S/C15H24BrN3/c1-9(2)13-18-11(16)7-12(19-13)17-8-10-14(3,4)15(10,5)6/h7,9-10H,8H2,1-6H3,(H,17,18,19). The first-order valence-electron chi connectivity index (χ1n) is 6.94. The molecule has 106 valence electrons. The molecular weight excluding hydrogens is 302 g/mol. The molecule has 2 rings (SSSR count). The monoisotopic (exact) mass is 325 g/mol. The molecule has 1 N–H and O–H groups in total. The topological polar surface area (TPSA) is 37.8 Å². The molecule has 1 fully saturated rings. The molecule has 4 heteroatoms. The van der Waals surface area contributed by atoms with Crippen LogP contribution >= 0.6 is 15.9 Å². The van der Waals surface area contributed by atoms with E-state index in [0.29, 0.717) is 22.7 Å². The number of nitrogens with one attached hydrogen (secondary N) is 1. The Hall–Kier alpha value is -0.640. The second-order valence-electron chi connectivity index (χ2n) is 6.97. The number of nitrogens with zero attached hydrogens (tertiary/aromatic N) is 2. The summed E-state index contributed by atoms with van der Waals surface area (Å²) in [4.78, 5) is 8.97. The molecule has 1 aromatic heterocycles.